The average molecular weight is 412 g/mol. The molecule has 0 aliphatic carbocycles. The number of sulfone groups is 1. The summed E-state index contributed by atoms with van der Waals surface area (Å²) < 4.78 is 47.1. The Morgan fingerprint density at radius 3 is 2.38 bits per heavy atom. The zero-order valence-corrected chi connectivity index (χ0v) is 15.9. The van der Waals surface area contributed by atoms with E-state index in [1.807, 2.05) is 0 Å². The number of carbonyl (C=O) groups excluding carboxylic acids is 1. The SMILES string of the molecule is Cl.O=C(NCCCN1CCNCC1)c1ccc(CS(=O)(=O)C(F)F)cc1. The van der Waals surface area contributed by atoms with Crippen molar-refractivity contribution in [2.75, 3.05) is 39.3 Å². The van der Waals surface area contributed by atoms with Gasteiger partial charge in [-0.3, -0.25) is 4.79 Å². The first-order valence-corrected chi connectivity index (χ1v) is 9.90. The molecule has 1 fully saturated rings. The third kappa shape index (κ3) is 7.14. The van der Waals surface area contributed by atoms with Crippen molar-refractivity contribution in [1.29, 1.82) is 0 Å². The van der Waals surface area contributed by atoms with Crippen molar-refractivity contribution in [2.24, 2.45) is 0 Å². The molecule has 1 aliphatic heterocycles. The smallest absolute Gasteiger partial charge is 0.337 e. The van der Waals surface area contributed by atoms with E-state index in [1.54, 1.807) is 0 Å². The normalized spacial score (nSPS) is 15.5. The summed E-state index contributed by atoms with van der Waals surface area (Å²) in [5, 5.41) is 6.08. The largest absolute Gasteiger partial charge is 0.352 e. The number of carbonyl (C=O) groups is 1. The van der Waals surface area contributed by atoms with Crippen LogP contribution in [0.3, 0.4) is 0 Å². The third-order valence-electron chi connectivity index (χ3n) is 4.00. The Balaban J connectivity index is 0.00000338. The second-order valence-electron chi connectivity index (χ2n) is 5.97. The maximum absolute atomic E-state index is 12.4. The molecule has 0 bridgehead atoms. The zero-order chi connectivity index (χ0) is 18.3. The Morgan fingerprint density at radius 2 is 1.81 bits per heavy atom. The minimum absolute atomic E-state index is 0. The van der Waals surface area contributed by atoms with Gasteiger partial charge in [0.05, 0.1) is 5.75 Å². The molecule has 26 heavy (non-hydrogen) atoms. The van der Waals surface area contributed by atoms with Crippen molar-refractivity contribution in [2.45, 2.75) is 17.9 Å². The number of nitrogens with one attached hydrogen (secondary N) is 2. The number of hydrogen-bond donors (Lipinski definition) is 2. The van der Waals surface area contributed by atoms with Crippen LogP contribution >= 0.6 is 12.4 Å². The van der Waals surface area contributed by atoms with E-state index in [1.165, 1.54) is 24.3 Å². The van der Waals surface area contributed by atoms with Gasteiger partial charge in [-0.15, -0.1) is 12.4 Å². The van der Waals surface area contributed by atoms with Crippen molar-refractivity contribution in [3.05, 3.63) is 35.4 Å². The molecule has 0 aromatic heterocycles. The number of halogens is 3. The number of rotatable bonds is 8. The van der Waals surface area contributed by atoms with Crippen LogP contribution in [0.25, 0.3) is 0 Å². The summed E-state index contributed by atoms with van der Waals surface area (Å²) in [6, 6.07) is 5.66. The molecule has 1 amide bonds. The van der Waals surface area contributed by atoms with Gasteiger partial charge in [0.15, 0.2) is 0 Å². The number of benzene rings is 1. The molecular weight excluding hydrogens is 388 g/mol. The van der Waals surface area contributed by atoms with Crippen molar-refractivity contribution >= 4 is 28.2 Å². The summed E-state index contributed by atoms with van der Waals surface area (Å²) in [7, 11) is -4.46. The Bertz CT molecular complexity index is 666. The van der Waals surface area contributed by atoms with Crippen LogP contribution in [0.4, 0.5) is 8.78 Å². The monoisotopic (exact) mass is 411 g/mol. The number of piperazine rings is 1. The van der Waals surface area contributed by atoms with E-state index in [0.29, 0.717) is 12.1 Å². The minimum Gasteiger partial charge on any atom is -0.352 e. The quantitative estimate of drug-likeness (QED) is 0.630. The number of amides is 1. The van der Waals surface area contributed by atoms with E-state index in [-0.39, 0.29) is 23.9 Å². The first kappa shape index (κ1) is 22.8. The Kier molecular flexibility index (Phi) is 9.42. The molecule has 0 atom stereocenters. The van der Waals surface area contributed by atoms with E-state index in [0.717, 1.165) is 39.1 Å². The molecule has 148 valence electrons. The Labute approximate surface area is 158 Å². The van der Waals surface area contributed by atoms with Crippen LogP contribution in [0.1, 0.15) is 22.3 Å². The van der Waals surface area contributed by atoms with E-state index < -0.39 is 21.3 Å². The summed E-state index contributed by atoms with van der Waals surface area (Å²) in [6.45, 7) is 5.46. The number of hydrogen-bond acceptors (Lipinski definition) is 5. The molecule has 1 aliphatic rings. The van der Waals surface area contributed by atoms with E-state index >= 15 is 0 Å². The van der Waals surface area contributed by atoms with Crippen LogP contribution in [0, 0.1) is 0 Å². The molecule has 1 saturated heterocycles. The lowest BCUT2D eigenvalue weighted by Crippen LogP contribution is -2.44. The molecule has 2 N–H and O–H groups in total. The fourth-order valence-electron chi connectivity index (χ4n) is 2.59. The Hall–Kier alpha value is -1.29. The molecule has 0 unspecified atom stereocenters. The molecule has 2 rings (SSSR count). The van der Waals surface area contributed by atoms with Gasteiger partial charge in [-0.2, -0.15) is 8.78 Å². The van der Waals surface area contributed by atoms with Crippen molar-refractivity contribution in [3.63, 3.8) is 0 Å². The highest BCUT2D eigenvalue weighted by Crippen LogP contribution is 2.14. The molecular formula is C16H24ClF2N3O3S. The lowest BCUT2D eigenvalue weighted by atomic mass is 10.1. The van der Waals surface area contributed by atoms with Gasteiger partial charge in [-0.25, -0.2) is 8.42 Å². The zero-order valence-electron chi connectivity index (χ0n) is 14.3. The molecule has 0 saturated carbocycles. The first-order chi connectivity index (χ1) is 11.9. The molecule has 0 spiro atoms. The van der Waals surface area contributed by atoms with Crippen molar-refractivity contribution < 1.29 is 22.0 Å². The molecule has 1 aromatic rings. The predicted octanol–water partition coefficient (Wildman–Crippen LogP) is 1.27. The number of alkyl halides is 2. The van der Waals surface area contributed by atoms with Gasteiger partial charge in [-0.1, -0.05) is 12.1 Å². The van der Waals surface area contributed by atoms with E-state index in [4.69, 9.17) is 0 Å². The van der Waals surface area contributed by atoms with Gasteiger partial charge < -0.3 is 15.5 Å². The predicted molar refractivity (Wildman–Crippen MR) is 98.6 cm³/mol. The van der Waals surface area contributed by atoms with Crippen molar-refractivity contribution in [3.8, 4) is 0 Å². The van der Waals surface area contributed by atoms with Crippen LogP contribution in [0.5, 0.6) is 0 Å². The molecule has 10 heteroatoms. The van der Waals surface area contributed by atoms with Gasteiger partial charge >= 0.3 is 5.76 Å². The van der Waals surface area contributed by atoms with Gasteiger partial charge in [0.25, 0.3) is 5.91 Å². The lowest BCUT2D eigenvalue weighted by Gasteiger charge is -2.27. The lowest BCUT2D eigenvalue weighted by molar-refractivity contribution is 0.0951. The molecule has 6 nitrogen and oxygen atoms in total. The summed E-state index contributed by atoms with van der Waals surface area (Å²) in [4.78, 5) is 14.4. The van der Waals surface area contributed by atoms with E-state index in [2.05, 4.69) is 15.5 Å². The minimum atomic E-state index is -4.46. The summed E-state index contributed by atoms with van der Waals surface area (Å²) >= 11 is 0. The summed E-state index contributed by atoms with van der Waals surface area (Å²) in [6.07, 6.45) is 0.844. The van der Waals surface area contributed by atoms with Crippen LogP contribution in [-0.2, 0) is 15.6 Å². The number of nitrogens with zero attached hydrogens (tertiary/aromatic N) is 1. The Morgan fingerprint density at radius 1 is 1.19 bits per heavy atom. The second kappa shape index (κ2) is 10.8. The van der Waals surface area contributed by atoms with Crippen LogP contribution < -0.4 is 10.6 Å². The fraction of sp³-hybridized carbons (Fsp3) is 0.562. The highest BCUT2D eigenvalue weighted by atomic mass is 35.5. The van der Waals surface area contributed by atoms with Crippen LogP contribution in [0.15, 0.2) is 24.3 Å². The fourth-order valence-corrected chi connectivity index (χ4v) is 3.37. The van der Waals surface area contributed by atoms with Gasteiger partial charge in [0.1, 0.15) is 0 Å². The first-order valence-electron chi connectivity index (χ1n) is 8.18. The molecule has 1 aromatic carbocycles. The second-order valence-corrected chi connectivity index (χ2v) is 7.94. The van der Waals surface area contributed by atoms with Gasteiger partial charge in [0.2, 0.25) is 9.84 Å². The van der Waals surface area contributed by atoms with E-state index in [9.17, 15) is 22.0 Å². The average Bonchev–Trinajstić information content (AvgIpc) is 2.59. The topological polar surface area (TPSA) is 78.5 Å². The van der Waals surface area contributed by atoms with Gasteiger partial charge in [0, 0.05) is 38.3 Å². The van der Waals surface area contributed by atoms with Crippen LogP contribution in [0.2, 0.25) is 0 Å². The van der Waals surface area contributed by atoms with Gasteiger partial charge in [-0.05, 0) is 30.7 Å². The summed E-state index contributed by atoms with van der Waals surface area (Å²) in [5.74, 6) is -4.40. The molecule has 0 radical (unpaired) electrons. The maximum atomic E-state index is 12.4. The van der Waals surface area contributed by atoms with Crippen LogP contribution in [-0.4, -0.2) is 64.3 Å². The highest BCUT2D eigenvalue weighted by Gasteiger charge is 2.24. The standard InChI is InChI=1S/C16H23F2N3O3S.ClH/c17-16(18)25(23,24)12-13-2-4-14(5-3-13)15(22)20-6-1-9-21-10-7-19-8-11-21;/h2-5,16,19H,1,6-12H2,(H,20,22);1H. The summed E-state index contributed by atoms with van der Waals surface area (Å²) in [5.41, 5.74) is 0.607. The third-order valence-corrected chi connectivity index (χ3v) is 5.28. The van der Waals surface area contributed by atoms with Crippen molar-refractivity contribution in [1.82, 2.24) is 15.5 Å². The maximum Gasteiger partial charge on any atom is 0.337 e. The molecule has 1 heterocycles. The highest BCUT2D eigenvalue weighted by molar-refractivity contribution is 7.90.